The molecular formula is C15H12Cl2O. The Bertz CT molecular complexity index is 520. The molecule has 1 unspecified atom stereocenters. The van der Waals surface area contributed by atoms with Crippen LogP contribution in [0.1, 0.15) is 27.7 Å². The highest BCUT2D eigenvalue weighted by atomic mass is 35.5. The van der Waals surface area contributed by atoms with Gasteiger partial charge in [-0.2, -0.15) is 0 Å². The van der Waals surface area contributed by atoms with Crippen LogP contribution in [0.5, 0.6) is 0 Å². The fourth-order valence-corrected chi connectivity index (χ4v) is 2.11. The zero-order chi connectivity index (χ0) is 13.0. The van der Waals surface area contributed by atoms with E-state index < -0.39 is 0 Å². The van der Waals surface area contributed by atoms with E-state index in [0.29, 0.717) is 10.6 Å². The summed E-state index contributed by atoms with van der Waals surface area (Å²) < 4.78 is 0. The lowest BCUT2D eigenvalue weighted by Crippen LogP contribution is -2.03. The summed E-state index contributed by atoms with van der Waals surface area (Å²) in [6.07, 6.45) is 0.285. The topological polar surface area (TPSA) is 17.1 Å². The fraction of sp³-hybridized carbons (Fsp3) is 0.133. The molecule has 0 aliphatic carbocycles. The first-order chi connectivity index (χ1) is 8.66. The molecule has 0 aliphatic rings. The molecule has 0 amide bonds. The van der Waals surface area contributed by atoms with Crippen molar-refractivity contribution in [2.45, 2.75) is 11.8 Å². The third-order valence-corrected chi connectivity index (χ3v) is 3.35. The number of ketones is 1. The Balaban J connectivity index is 2.06. The second-order valence-electron chi connectivity index (χ2n) is 4.01. The van der Waals surface area contributed by atoms with Gasteiger partial charge in [-0.15, -0.1) is 11.6 Å². The van der Waals surface area contributed by atoms with Crippen LogP contribution in [0.4, 0.5) is 0 Å². The minimum Gasteiger partial charge on any atom is -0.294 e. The lowest BCUT2D eigenvalue weighted by Gasteiger charge is -2.09. The van der Waals surface area contributed by atoms with Crippen LogP contribution in [0, 0.1) is 0 Å². The van der Waals surface area contributed by atoms with Crippen molar-refractivity contribution in [3.63, 3.8) is 0 Å². The summed E-state index contributed by atoms with van der Waals surface area (Å²) in [5.41, 5.74) is 1.60. The molecule has 0 fully saturated rings. The maximum Gasteiger partial charge on any atom is 0.164 e. The van der Waals surface area contributed by atoms with Gasteiger partial charge in [-0.25, -0.2) is 0 Å². The van der Waals surface area contributed by atoms with Gasteiger partial charge in [-0.3, -0.25) is 4.79 Å². The third kappa shape index (κ3) is 3.34. The van der Waals surface area contributed by atoms with E-state index in [1.165, 1.54) is 0 Å². The number of halogens is 2. The molecule has 0 heterocycles. The summed E-state index contributed by atoms with van der Waals surface area (Å²) in [7, 11) is 0. The zero-order valence-corrected chi connectivity index (χ0v) is 11.2. The second kappa shape index (κ2) is 6.03. The minimum absolute atomic E-state index is 0.0468. The Hall–Kier alpha value is -1.31. The van der Waals surface area contributed by atoms with Gasteiger partial charge in [-0.1, -0.05) is 54.1 Å². The van der Waals surface area contributed by atoms with E-state index in [-0.39, 0.29) is 17.6 Å². The summed E-state index contributed by atoms with van der Waals surface area (Å²) in [6.45, 7) is 0. The molecule has 2 aromatic rings. The second-order valence-corrected chi connectivity index (χ2v) is 4.98. The molecule has 1 nitrogen and oxygen atoms in total. The van der Waals surface area contributed by atoms with Crippen molar-refractivity contribution in [1.82, 2.24) is 0 Å². The molecule has 0 aromatic heterocycles. The minimum atomic E-state index is -0.324. The highest BCUT2D eigenvalue weighted by Gasteiger charge is 2.14. The Morgan fingerprint density at radius 2 is 1.61 bits per heavy atom. The summed E-state index contributed by atoms with van der Waals surface area (Å²) in [6, 6.07) is 16.4. The lowest BCUT2D eigenvalue weighted by molar-refractivity contribution is 0.0981. The van der Waals surface area contributed by atoms with E-state index in [0.717, 1.165) is 5.56 Å². The molecule has 0 aliphatic heterocycles. The van der Waals surface area contributed by atoms with E-state index in [1.807, 2.05) is 30.3 Å². The number of carbonyl (C=O) groups is 1. The van der Waals surface area contributed by atoms with Crippen molar-refractivity contribution in [3.8, 4) is 0 Å². The Labute approximate surface area is 116 Å². The normalized spacial score (nSPS) is 12.1. The van der Waals surface area contributed by atoms with Gasteiger partial charge < -0.3 is 0 Å². The first-order valence-corrected chi connectivity index (χ1v) is 6.46. The largest absolute Gasteiger partial charge is 0.294 e. The number of hydrogen-bond donors (Lipinski definition) is 0. The SMILES string of the molecule is O=C(CC(Cl)c1ccc(Cl)cc1)c1ccccc1. The predicted molar refractivity (Wildman–Crippen MR) is 75.4 cm³/mol. The monoisotopic (exact) mass is 278 g/mol. The van der Waals surface area contributed by atoms with Crippen LogP contribution in [0.25, 0.3) is 0 Å². The molecule has 3 heteroatoms. The van der Waals surface area contributed by atoms with Crippen molar-refractivity contribution < 1.29 is 4.79 Å². The van der Waals surface area contributed by atoms with Gasteiger partial charge in [0.1, 0.15) is 0 Å². The van der Waals surface area contributed by atoms with E-state index in [4.69, 9.17) is 23.2 Å². The number of hydrogen-bond acceptors (Lipinski definition) is 1. The van der Waals surface area contributed by atoms with Crippen molar-refractivity contribution in [3.05, 3.63) is 70.7 Å². The first-order valence-electron chi connectivity index (χ1n) is 5.64. The van der Waals surface area contributed by atoms with Crippen molar-refractivity contribution in [1.29, 1.82) is 0 Å². The predicted octanol–water partition coefficient (Wildman–Crippen LogP) is 4.89. The molecule has 0 N–H and O–H groups in total. The van der Waals surface area contributed by atoms with Crippen LogP contribution >= 0.6 is 23.2 Å². The average Bonchev–Trinajstić information content (AvgIpc) is 2.40. The fourth-order valence-electron chi connectivity index (χ4n) is 1.69. The van der Waals surface area contributed by atoms with Gasteiger partial charge in [-0.05, 0) is 17.7 Å². The Kier molecular flexibility index (Phi) is 4.40. The number of benzene rings is 2. The molecule has 0 spiro atoms. The number of rotatable bonds is 4. The molecule has 0 radical (unpaired) electrons. The number of alkyl halides is 1. The van der Waals surface area contributed by atoms with E-state index in [9.17, 15) is 4.79 Å². The van der Waals surface area contributed by atoms with Crippen LogP contribution in [-0.4, -0.2) is 5.78 Å². The van der Waals surface area contributed by atoms with Gasteiger partial charge >= 0.3 is 0 Å². The standard InChI is InChI=1S/C15H12Cl2O/c16-13-8-6-11(7-9-13)14(17)10-15(18)12-4-2-1-3-5-12/h1-9,14H,10H2. The molecule has 92 valence electrons. The van der Waals surface area contributed by atoms with Gasteiger partial charge in [0, 0.05) is 17.0 Å². The van der Waals surface area contributed by atoms with Crippen LogP contribution in [0.3, 0.4) is 0 Å². The van der Waals surface area contributed by atoms with Crippen molar-refractivity contribution in [2.75, 3.05) is 0 Å². The van der Waals surface area contributed by atoms with Gasteiger partial charge in [0.15, 0.2) is 5.78 Å². The van der Waals surface area contributed by atoms with Gasteiger partial charge in [0.25, 0.3) is 0 Å². The van der Waals surface area contributed by atoms with Crippen LogP contribution < -0.4 is 0 Å². The summed E-state index contributed by atoms with van der Waals surface area (Å²) in [5.74, 6) is 0.0468. The number of Topliss-reactive ketones (excluding diaryl/α,β-unsaturated/α-hetero) is 1. The summed E-state index contributed by atoms with van der Waals surface area (Å²) >= 11 is 12.0. The summed E-state index contributed by atoms with van der Waals surface area (Å²) in [5, 5.41) is 0.340. The average molecular weight is 279 g/mol. The van der Waals surface area contributed by atoms with Crippen molar-refractivity contribution >= 4 is 29.0 Å². The molecule has 2 aromatic carbocycles. The highest BCUT2D eigenvalue weighted by molar-refractivity contribution is 6.30. The molecule has 0 saturated carbocycles. The van der Waals surface area contributed by atoms with Gasteiger partial charge in [0.2, 0.25) is 0 Å². The van der Waals surface area contributed by atoms with E-state index in [2.05, 4.69) is 0 Å². The first kappa shape index (κ1) is 13.1. The Morgan fingerprint density at radius 1 is 1.00 bits per heavy atom. The van der Waals surface area contributed by atoms with E-state index in [1.54, 1.807) is 24.3 Å². The molecular weight excluding hydrogens is 267 g/mol. The van der Waals surface area contributed by atoms with Crippen molar-refractivity contribution in [2.24, 2.45) is 0 Å². The summed E-state index contributed by atoms with van der Waals surface area (Å²) in [4.78, 5) is 12.0. The lowest BCUT2D eigenvalue weighted by atomic mass is 10.0. The van der Waals surface area contributed by atoms with Crippen LogP contribution in [-0.2, 0) is 0 Å². The zero-order valence-electron chi connectivity index (χ0n) is 9.64. The maximum absolute atomic E-state index is 12.0. The molecule has 2 rings (SSSR count). The molecule has 1 atom stereocenters. The van der Waals surface area contributed by atoms with E-state index >= 15 is 0 Å². The molecule has 0 bridgehead atoms. The van der Waals surface area contributed by atoms with Crippen LogP contribution in [0.2, 0.25) is 5.02 Å². The molecule has 18 heavy (non-hydrogen) atoms. The molecule has 0 saturated heterocycles. The quantitative estimate of drug-likeness (QED) is 0.575. The third-order valence-electron chi connectivity index (χ3n) is 2.69. The van der Waals surface area contributed by atoms with Crippen LogP contribution in [0.15, 0.2) is 54.6 Å². The smallest absolute Gasteiger partial charge is 0.164 e. The highest BCUT2D eigenvalue weighted by Crippen LogP contribution is 2.26. The van der Waals surface area contributed by atoms with Gasteiger partial charge in [0.05, 0.1) is 5.38 Å². The Morgan fingerprint density at radius 3 is 2.22 bits per heavy atom. The number of carbonyl (C=O) groups excluding carboxylic acids is 1. The maximum atomic E-state index is 12.0.